The van der Waals surface area contributed by atoms with Crippen molar-refractivity contribution in [2.75, 3.05) is 27.8 Å². The van der Waals surface area contributed by atoms with E-state index in [2.05, 4.69) is 6.07 Å². The lowest BCUT2D eigenvalue weighted by molar-refractivity contribution is 0.0460. The number of hydrogen-bond donors (Lipinski definition) is 0. The first-order valence-electron chi connectivity index (χ1n) is 7.32. The van der Waals surface area contributed by atoms with E-state index >= 15 is 0 Å². The molecule has 124 valence electrons. The fourth-order valence-electron chi connectivity index (χ4n) is 1.97. The van der Waals surface area contributed by atoms with E-state index in [-0.39, 0.29) is 13.6 Å². The number of rotatable bonds is 8. The summed E-state index contributed by atoms with van der Waals surface area (Å²) in [5, 5.41) is 8.82. The van der Waals surface area contributed by atoms with Crippen molar-refractivity contribution >= 4 is 12.2 Å². The number of ether oxygens (including phenoxy) is 4. The Morgan fingerprint density at radius 2 is 1.38 bits per heavy atom. The third-order valence-corrected chi connectivity index (χ3v) is 3.10. The predicted octanol–water partition coefficient (Wildman–Crippen LogP) is 3.69. The Kier molecular flexibility index (Phi) is 6.84. The van der Waals surface area contributed by atoms with Gasteiger partial charge in [0, 0.05) is 20.3 Å². The minimum Gasteiger partial charge on any atom is -0.467 e. The van der Waals surface area contributed by atoms with E-state index in [1.54, 1.807) is 32.4 Å². The molecule has 0 fully saturated rings. The monoisotopic (exact) mass is 325 g/mol. The molecule has 0 N–H and O–H groups in total. The van der Waals surface area contributed by atoms with Gasteiger partial charge < -0.3 is 18.9 Å². The molecule has 0 bridgehead atoms. The van der Waals surface area contributed by atoms with Crippen LogP contribution in [0.3, 0.4) is 0 Å². The topological polar surface area (TPSA) is 60.7 Å². The van der Waals surface area contributed by atoms with Crippen molar-refractivity contribution in [1.82, 2.24) is 0 Å². The van der Waals surface area contributed by atoms with Crippen LogP contribution in [0.15, 0.2) is 42.5 Å². The highest BCUT2D eigenvalue weighted by atomic mass is 16.7. The first-order chi connectivity index (χ1) is 11.7. The number of nitriles is 1. The number of hydrogen-bond acceptors (Lipinski definition) is 5. The zero-order valence-electron chi connectivity index (χ0n) is 13.7. The normalized spacial score (nSPS) is 10.5. The summed E-state index contributed by atoms with van der Waals surface area (Å²) >= 11 is 0. The Morgan fingerprint density at radius 1 is 0.833 bits per heavy atom. The molecule has 0 aliphatic heterocycles. The van der Waals surface area contributed by atoms with Crippen LogP contribution in [-0.2, 0) is 9.47 Å². The van der Waals surface area contributed by atoms with Crippen LogP contribution >= 0.6 is 0 Å². The van der Waals surface area contributed by atoms with E-state index in [0.29, 0.717) is 17.1 Å². The second-order valence-electron chi connectivity index (χ2n) is 4.91. The lowest BCUT2D eigenvalue weighted by Gasteiger charge is -2.10. The second-order valence-corrected chi connectivity index (χ2v) is 4.91. The van der Waals surface area contributed by atoms with Crippen LogP contribution in [0.1, 0.15) is 16.7 Å². The summed E-state index contributed by atoms with van der Waals surface area (Å²) in [5.74, 6) is 1.29. The average Bonchev–Trinajstić information content (AvgIpc) is 2.63. The molecule has 0 aromatic heterocycles. The summed E-state index contributed by atoms with van der Waals surface area (Å²) in [6.45, 7) is 0.318. The highest BCUT2D eigenvalue weighted by molar-refractivity contribution is 5.71. The molecule has 5 heteroatoms. The van der Waals surface area contributed by atoms with Crippen molar-refractivity contribution in [3.05, 3.63) is 59.2 Å². The van der Waals surface area contributed by atoms with Crippen molar-refractivity contribution < 1.29 is 18.9 Å². The van der Waals surface area contributed by atoms with E-state index < -0.39 is 0 Å². The minimum absolute atomic E-state index is 0.159. The molecule has 2 aromatic carbocycles. The zero-order chi connectivity index (χ0) is 17.2. The fourth-order valence-corrected chi connectivity index (χ4v) is 1.97. The predicted molar refractivity (Wildman–Crippen MR) is 91.5 cm³/mol. The Balaban J connectivity index is 2.19. The van der Waals surface area contributed by atoms with Gasteiger partial charge in [0.25, 0.3) is 0 Å². The summed E-state index contributed by atoms with van der Waals surface area (Å²) in [4.78, 5) is 0. The molecule has 2 rings (SSSR count). The Bertz CT molecular complexity index is 691. The third-order valence-electron chi connectivity index (χ3n) is 3.10. The molecule has 0 atom stereocenters. The summed E-state index contributed by atoms with van der Waals surface area (Å²) in [6, 6.07) is 15.0. The molecule has 0 saturated carbocycles. The van der Waals surface area contributed by atoms with Crippen molar-refractivity contribution in [1.29, 1.82) is 5.26 Å². The van der Waals surface area contributed by atoms with Gasteiger partial charge in [-0.2, -0.15) is 5.26 Å². The molecular weight excluding hydrogens is 306 g/mol. The standard InChI is InChI=1S/C19H19NO4/c1-21-13-23-18-9-17(10-19(11-18)24-14-22-2)8-5-15-3-6-16(12-20)7-4-15/h3-11H,13-14H2,1-2H3. The highest BCUT2D eigenvalue weighted by Gasteiger charge is 2.02. The van der Waals surface area contributed by atoms with Gasteiger partial charge in [0.15, 0.2) is 13.6 Å². The van der Waals surface area contributed by atoms with Crippen LogP contribution < -0.4 is 9.47 Å². The maximum absolute atomic E-state index is 8.82. The van der Waals surface area contributed by atoms with E-state index in [1.807, 2.05) is 36.4 Å². The summed E-state index contributed by atoms with van der Waals surface area (Å²) in [5.41, 5.74) is 2.55. The van der Waals surface area contributed by atoms with E-state index in [4.69, 9.17) is 24.2 Å². The largest absolute Gasteiger partial charge is 0.467 e. The van der Waals surface area contributed by atoms with Crippen molar-refractivity contribution in [3.63, 3.8) is 0 Å². The maximum atomic E-state index is 8.82. The van der Waals surface area contributed by atoms with E-state index in [9.17, 15) is 0 Å². The number of nitrogens with zero attached hydrogens (tertiary/aromatic N) is 1. The molecule has 0 aliphatic rings. The van der Waals surface area contributed by atoms with E-state index in [1.165, 1.54) is 0 Å². The van der Waals surface area contributed by atoms with Gasteiger partial charge in [0.2, 0.25) is 0 Å². The number of benzene rings is 2. The quantitative estimate of drug-likeness (QED) is 0.547. The van der Waals surface area contributed by atoms with Gasteiger partial charge in [-0.05, 0) is 35.4 Å². The summed E-state index contributed by atoms with van der Waals surface area (Å²) in [6.07, 6.45) is 3.90. The Morgan fingerprint density at radius 3 is 1.88 bits per heavy atom. The number of methoxy groups -OCH3 is 2. The summed E-state index contributed by atoms with van der Waals surface area (Å²) in [7, 11) is 3.13. The van der Waals surface area contributed by atoms with Crippen LogP contribution in [0.5, 0.6) is 11.5 Å². The molecule has 0 unspecified atom stereocenters. The highest BCUT2D eigenvalue weighted by Crippen LogP contribution is 2.24. The van der Waals surface area contributed by atoms with Crippen LogP contribution in [0.4, 0.5) is 0 Å². The van der Waals surface area contributed by atoms with E-state index in [0.717, 1.165) is 11.1 Å². The molecule has 0 saturated heterocycles. The molecule has 0 radical (unpaired) electrons. The average molecular weight is 325 g/mol. The first-order valence-corrected chi connectivity index (χ1v) is 7.32. The summed E-state index contributed by atoms with van der Waals surface area (Å²) < 4.78 is 20.8. The van der Waals surface area contributed by atoms with Gasteiger partial charge in [-0.25, -0.2) is 0 Å². The third kappa shape index (κ3) is 5.43. The molecule has 0 aliphatic carbocycles. The van der Waals surface area contributed by atoms with Gasteiger partial charge >= 0.3 is 0 Å². The van der Waals surface area contributed by atoms with Crippen molar-refractivity contribution in [2.24, 2.45) is 0 Å². The molecular formula is C19H19NO4. The second kappa shape index (κ2) is 9.36. The lowest BCUT2D eigenvalue weighted by Crippen LogP contribution is -2.02. The minimum atomic E-state index is 0.159. The molecule has 0 amide bonds. The van der Waals surface area contributed by atoms with Crippen molar-refractivity contribution in [3.8, 4) is 17.6 Å². The molecule has 24 heavy (non-hydrogen) atoms. The van der Waals surface area contributed by atoms with Gasteiger partial charge in [-0.1, -0.05) is 24.3 Å². The maximum Gasteiger partial charge on any atom is 0.188 e. The SMILES string of the molecule is COCOc1cc(C=Cc2ccc(C#N)cc2)cc(OCOC)c1. The fraction of sp³-hybridized carbons (Fsp3) is 0.211. The van der Waals surface area contributed by atoms with Gasteiger partial charge in [0.1, 0.15) is 11.5 Å². The van der Waals surface area contributed by atoms with Crippen LogP contribution in [0.2, 0.25) is 0 Å². The molecule has 2 aromatic rings. The van der Waals surface area contributed by atoms with Gasteiger partial charge in [-0.15, -0.1) is 0 Å². The smallest absolute Gasteiger partial charge is 0.188 e. The zero-order valence-corrected chi connectivity index (χ0v) is 13.7. The molecule has 0 spiro atoms. The van der Waals surface area contributed by atoms with Crippen LogP contribution in [-0.4, -0.2) is 27.8 Å². The first kappa shape index (κ1) is 17.5. The van der Waals surface area contributed by atoms with Gasteiger partial charge in [-0.3, -0.25) is 0 Å². The van der Waals surface area contributed by atoms with Gasteiger partial charge in [0.05, 0.1) is 11.6 Å². The Labute approximate surface area is 141 Å². The molecule has 0 heterocycles. The molecule has 5 nitrogen and oxygen atoms in total. The van der Waals surface area contributed by atoms with Crippen LogP contribution in [0.25, 0.3) is 12.2 Å². The van der Waals surface area contributed by atoms with Crippen molar-refractivity contribution in [2.45, 2.75) is 0 Å². The Hall–Kier alpha value is -2.81. The lowest BCUT2D eigenvalue weighted by atomic mass is 10.1. The van der Waals surface area contributed by atoms with Crippen LogP contribution in [0, 0.1) is 11.3 Å².